The summed E-state index contributed by atoms with van der Waals surface area (Å²) < 4.78 is 58.6. The van der Waals surface area contributed by atoms with Gasteiger partial charge < -0.3 is 19.9 Å². The third-order valence-corrected chi connectivity index (χ3v) is 8.59. The minimum Gasteiger partial charge on any atom is -0.378 e. The Bertz CT molecular complexity index is 1450. The molecule has 5 rings (SSSR count). The van der Waals surface area contributed by atoms with E-state index in [-0.39, 0.29) is 30.1 Å². The van der Waals surface area contributed by atoms with Crippen LogP contribution in [-0.2, 0) is 14.6 Å². The molecule has 4 heterocycles. The van der Waals surface area contributed by atoms with Crippen LogP contribution < -0.4 is 15.1 Å². The summed E-state index contributed by atoms with van der Waals surface area (Å²) in [7, 11) is -1.56. The molecule has 2 aliphatic rings. The quantitative estimate of drug-likeness (QED) is 0.475. The van der Waals surface area contributed by atoms with Gasteiger partial charge in [0.15, 0.2) is 5.67 Å². The number of benzene rings is 1. The lowest BCUT2D eigenvalue weighted by Gasteiger charge is -2.48. The number of piperidine rings is 1. The summed E-state index contributed by atoms with van der Waals surface area (Å²) in [5.74, 6) is 1.01. The van der Waals surface area contributed by atoms with Crippen molar-refractivity contribution in [1.82, 2.24) is 15.0 Å². The average molecular weight is 547 g/mol. The Kier molecular flexibility index (Phi) is 6.89. The Morgan fingerprint density at radius 2 is 2.00 bits per heavy atom. The molecule has 0 spiro atoms. The average Bonchev–Trinajstić information content (AvgIpc) is 2.86. The zero-order chi connectivity index (χ0) is 27.2. The summed E-state index contributed by atoms with van der Waals surface area (Å²) in [6.45, 7) is 4.75. The Balaban J connectivity index is 1.35. The third-order valence-electron chi connectivity index (χ3n) is 7.55. The van der Waals surface area contributed by atoms with Crippen molar-refractivity contribution in [2.75, 3.05) is 53.9 Å². The lowest BCUT2D eigenvalue weighted by atomic mass is 9.90. The Labute approximate surface area is 221 Å². The van der Waals surface area contributed by atoms with Crippen molar-refractivity contribution in [2.24, 2.45) is 5.92 Å². The van der Waals surface area contributed by atoms with E-state index in [9.17, 15) is 12.8 Å². The second kappa shape index (κ2) is 9.88. The summed E-state index contributed by atoms with van der Waals surface area (Å²) in [5, 5.41) is 4.14. The van der Waals surface area contributed by atoms with E-state index in [1.165, 1.54) is 26.4 Å². The van der Waals surface area contributed by atoms with Crippen molar-refractivity contribution < 1.29 is 21.9 Å². The van der Waals surface area contributed by atoms with Crippen LogP contribution in [0, 0.1) is 11.7 Å². The first-order valence-corrected chi connectivity index (χ1v) is 14.6. The molecule has 0 radical (unpaired) electrons. The van der Waals surface area contributed by atoms with Crippen LogP contribution >= 0.6 is 0 Å². The van der Waals surface area contributed by atoms with Crippen LogP contribution in [-0.4, -0.2) is 79.9 Å². The molecule has 0 amide bonds. The molecule has 204 valence electrons. The number of methoxy groups -OCH3 is 1. The first-order valence-electron chi connectivity index (χ1n) is 12.5. The van der Waals surface area contributed by atoms with Crippen molar-refractivity contribution in [2.45, 2.75) is 38.1 Å². The van der Waals surface area contributed by atoms with Gasteiger partial charge in [-0.25, -0.2) is 27.2 Å². The van der Waals surface area contributed by atoms with Crippen molar-refractivity contribution in [3.05, 3.63) is 42.5 Å². The number of pyridine rings is 1. The maximum atomic E-state index is 15.0. The highest BCUT2D eigenvalue weighted by Gasteiger charge is 2.41. The topological polar surface area (TPSA) is 101 Å². The van der Waals surface area contributed by atoms with Crippen molar-refractivity contribution >= 4 is 43.9 Å². The monoisotopic (exact) mass is 546 g/mol. The summed E-state index contributed by atoms with van der Waals surface area (Å²) in [6.07, 6.45) is 4.48. The smallest absolute Gasteiger partial charge is 0.227 e. The second-order valence-corrected chi connectivity index (χ2v) is 12.7. The summed E-state index contributed by atoms with van der Waals surface area (Å²) in [6, 6.07) is 6.43. The first kappa shape index (κ1) is 26.5. The predicted molar refractivity (Wildman–Crippen MR) is 144 cm³/mol. The van der Waals surface area contributed by atoms with E-state index in [4.69, 9.17) is 4.74 Å². The molecule has 38 heavy (non-hydrogen) atoms. The van der Waals surface area contributed by atoms with Gasteiger partial charge in [0, 0.05) is 67.3 Å². The molecule has 0 saturated carbocycles. The third kappa shape index (κ3) is 5.24. The Morgan fingerprint density at radius 1 is 1.21 bits per heavy atom. The van der Waals surface area contributed by atoms with Crippen LogP contribution in [0.1, 0.15) is 20.3 Å². The fourth-order valence-electron chi connectivity index (χ4n) is 5.46. The van der Waals surface area contributed by atoms with Crippen LogP contribution in [0.4, 0.5) is 32.1 Å². The van der Waals surface area contributed by atoms with E-state index in [1.54, 1.807) is 35.5 Å². The van der Waals surface area contributed by atoms with E-state index >= 15 is 4.39 Å². The van der Waals surface area contributed by atoms with Gasteiger partial charge in [0.1, 0.15) is 27.3 Å². The second-order valence-electron chi connectivity index (χ2n) is 10.5. The summed E-state index contributed by atoms with van der Waals surface area (Å²) in [4.78, 5) is 17.2. The molecule has 1 aromatic carbocycles. The number of hydrogen-bond donors (Lipinski definition) is 1. The van der Waals surface area contributed by atoms with Crippen molar-refractivity contribution in [3.8, 4) is 0 Å². The molecule has 9 nitrogen and oxygen atoms in total. The fourth-order valence-corrected chi connectivity index (χ4v) is 6.62. The highest BCUT2D eigenvalue weighted by atomic mass is 32.2. The number of alkyl halides is 1. The Morgan fingerprint density at radius 3 is 2.68 bits per heavy atom. The van der Waals surface area contributed by atoms with E-state index in [2.05, 4.69) is 25.2 Å². The maximum Gasteiger partial charge on any atom is 0.227 e. The van der Waals surface area contributed by atoms with Gasteiger partial charge >= 0.3 is 0 Å². The number of sulfone groups is 1. The lowest BCUT2D eigenvalue weighted by molar-refractivity contribution is -0.0381. The van der Waals surface area contributed by atoms with Gasteiger partial charge in [0.25, 0.3) is 0 Å². The van der Waals surface area contributed by atoms with Gasteiger partial charge in [-0.1, -0.05) is 0 Å². The van der Waals surface area contributed by atoms with E-state index in [0.29, 0.717) is 47.9 Å². The molecule has 4 atom stereocenters. The molecule has 3 aromatic rings. The van der Waals surface area contributed by atoms with Crippen LogP contribution in [0.5, 0.6) is 0 Å². The number of nitrogens with one attached hydrogen (secondary N) is 1. The summed E-state index contributed by atoms with van der Waals surface area (Å²) in [5.41, 5.74) is -0.719. The minimum atomic E-state index is -3.07. The van der Waals surface area contributed by atoms with Crippen LogP contribution in [0.15, 0.2) is 36.7 Å². The largest absolute Gasteiger partial charge is 0.378 e. The Hall–Kier alpha value is -3.12. The zero-order valence-corrected chi connectivity index (χ0v) is 22.7. The highest BCUT2D eigenvalue weighted by Crippen LogP contribution is 2.38. The molecular formula is C26H32F2N6O3S. The van der Waals surface area contributed by atoms with E-state index in [0.717, 1.165) is 5.69 Å². The molecule has 2 aromatic heterocycles. The van der Waals surface area contributed by atoms with Crippen LogP contribution in [0.25, 0.3) is 10.8 Å². The summed E-state index contributed by atoms with van der Waals surface area (Å²) >= 11 is 0. The van der Waals surface area contributed by atoms with E-state index < -0.39 is 21.6 Å². The van der Waals surface area contributed by atoms with E-state index in [1.807, 2.05) is 6.92 Å². The van der Waals surface area contributed by atoms with Crippen LogP contribution in [0.3, 0.4) is 0 Å². The molecule has 1 N–H and O–H groups in total. The number of anilines is 4. The number of hydrogen-bond acceptors (Lipinski definition) is 9. The van der Waals surface area contributed by atoms with Gasteiger partial charge in [-0.05, 0) is 44.5 Å². The molecule has 2 aliphatic heterocycles. The SMILES string of the molecule is CO[C@@H]1CCN(c2nccc(Nc3cc4c(F)ccc(N5C[C@H](CS(C)(=O)=O)[C@H]5C)c4cn3)n2)C[C@]1(C)F. The van der Waals surface area contributed by atoms with Gasteiger partial charge in [-0.15, -0.1) is 0 Å². The minimum absolute atomic E-state index is 0.00996. The van der Waals surface area contributed by atoms with Crippen LogP contribution in [0.2, 0.25) is 0 Å². The van der Waals surface area contributed by atoms with Gasteiger partial charge in [0.2, 0.25) is 5.95 Å². The zero-order valence-electron chi connectivity index (χ0n) is 21.9. The highest BCUT2D eigenvalue weighted by molar-refractivity contribution is 7.90. The molecule has 2 saturated heterocycles. The number of aromatic nitrogens is 3. The molecule has 0 unspecified atom stereocenters. The molecule has 0 bridgehead atoms. The molecule has 12 heteroatoms. The number of rotatable bonds is 7. The number of ether oxygens (including phenoxy) is 1. The van der Waals surface area contributed by atoms with Gasteiger partial charge in [-0.3, -0.25) is 0 Å². The number of halogens is 2. The molecule has 2 fully saturated rings. The number of fused-ring (bicyclic) bond motifs is 1. The number of nitrogens with zero attached hydrogens (tertiary/aromatic N) is 5. The molecular weight excluding hydrogens is 514 g/mol. The fraction of sp³-hybridized carbons (Fsp3) is 0.500. The first-order chi connectivity index (χ1) is 17.9. The van der Waals surface area contributed by atoms with Crippen molar-refractivity contribution in [3.63, 3.8) is 0 Å². The van der Waals surface area contributed by atoms with Gasteiger partial charge in [-0.2, -0.15) is 4.98 Å². The van der Waals surface area contributed by atoms with Gasteiger partial charge in [0.05, 0.1) is 18.4 Å². The van der Waals surface area contributed by atoms with Crippen molar-refractivity contribution in [1.29, 1.82) is 0 Å². The molecule has 0 aliphatic carbocycles. The normalized spacial score (nSPS) is 25.9. The maximum absolute atomic E-state index is 15.0. The lowest BCUT2D eigenvalue weighted by Crippen LogP contribution is -2.57. The standard InChI is InChI=1S/C26H32F2N6O3S/c1-16-17(14-38(4,35)36)13-34(16)21-6-5-20(27)18-11-24(30-12-19(18)21)31-23-7-9-29-25(32-23)33-10-8-22(37-3)26(2,28)15-33/h5-7,9,11-12,16-17,22H,8,10,13-15H2,1-4H3,(H,29,30,31,32)/t16-,17-,22-,26+/m1/s1. The predicted octanol–water partition coefficient (Wildman–Crippen LogP) is 3.73.